The van der Waals surface area contributed by atoms with Crippen LogP contribution in [0.2, 0.25) is 0 Å². The summed E-state index contributed by atoms with van der Waals surface area (Å²) in [5.74, 6) is -0.194. The van der Waals surface area contributed by atoms with Gasteiger partial charge in [0.15, 0.2) is 0 Å². The van der Waals surface area contributed by atoms with E-state index in [0.29, 0.717) is 12.0 Å². The van der Waals surface area contributed by atoms with Crippen molar-refractivity contribution in [3.63, 3.8) is 0 Å². The summed E-state index contributed by atoms with van der Waals surface area (Å²) < 4.78 is 14.5. The van der Waals surface area contributed by atoms with E-state index in [0.717, 1.165) is 10.2 Å². The summed E-state index contributed by atoms with van der Waals surface area (Å²) in [6.45, 7) is 0. The van der Waals surface area contributed by atoms with E-state index >= 15 is 0 Å². The molecule has 18 heavy (non-hydrogen) atoms. The van der Waals surface area contributed by atoms with Gasteiger partial charge in [-0.05, 0) is 43.3 Å². The van der Waals surface area contributed by atoms with Crippen LogP contribution in [-0.2, 0) is 6.42 Å². The van der Waals surface area contributed by atoms with Crippen LogP contribution in [0.3, 0.4) is 0 Å². The molecule has 2 nitrogen and oxygen atoms in total. The van der Waals surface area contributed by atoms with E-state index in [9.17, 15) is 4.39 Å². The van der Waals surface area contributed by atoms with Gasteiger partial charge in [0.05, 0.1) is 11.7 Å². The molecule has 94 valence electrons. The first-order valence-corrected chi connectivity index (χ1v) is 6.52. The Bertz CT molecular complexity index is 516. The number of nitrogens with one attached hydrogen (secondary N) is 1. The van der Waals surface area contributed by atoms with Crippen LogP contribution in [-0.4, -0.2) is 12.0 Å². The second-order valence-corrected chi connectivity index (χ2v) is 4.95. The molecule has 0 saturated heterocycles. The van der Waals surface area contributed by atoms with Crippen molar-refractivity contribution in [2.45, 2.75) is 12.5 Å². The highest BCUT2D eigenvalue weighted by molar-refractivity contribution is 9.10. The monoisotopic (exact) mass is 308 g/mol. The standard InChI is InChI=1S/C14H14BrFN2/c1-17-14(13-4-2-3-7-18-13)8-10-5-6-11(15)9-12(10)16/h2-7,9,14,17H,8H2,1H3. The van der Waals surface area contributed by atoms with Crippen LogP contribution in [0.25, 0.3) is 0 Å². The van der Waals surface area contributed by atoms with Gasteiger partial charge in [0, 0.05) is 10.7 Å². The topological polar surface area (TPSA) is 24.9 Å². The van der Waals surface area contributed by atoms with E-state index in [1.165, 1.54) is 6.07 Å². The second kappa shape index (κ2) is 6.07. The maximum Gasteiger partial charge on any atom is 0.127 e. The summed E-state index contributed by atoms with van der Waals surface area (Å²) in [5.41, 5.74) is 1.60. The van der Waals surface area contributed by atoms with Crippen molar-refractivity contribution in [3.05, 3.63) is 64.1 Å². The smallest absolute Gasteiger partial charge is 0.127 e. The fraction of sp³-hybridized carbons (Fsp3) is 0.214. The van der Waals surface area contributed by atoms with Gasteiger partial charge in [0.25, 0.3) is 0 Å². The Balaban J connectivity index is 2.21. The third-order valence-corrected chi connectivity index (χ3v) is 3.33. The summed E-state index contributed by atoms with van der Waals surface area (Å²) in [4.78, 5) is 4.30. The van der Waals surface area contributed by atoms with Crippen molar-refractivity contribution in [1.82, 2.24) is 10.3 Å². The van der Waals surface area contributed by atoms with Crippen LogP contribution in [0.1, 0.15) is 17.3 Å². The maximum absolute atomic E-state index is 13.8. The molecule has 1 aromatic heterocycles. The van der Waals surface area contributed by atoms with Gasteiger partial charge in [-0.15, -0.1) is 0 Å². The number of hydrogen-bond donors (Lipinski definition) is 1. The normalized spacial score (nSPS) is 12.4. The SMILES string of the molecule is CNC(Cc1ccc(Br)cc1F)c1ccccn1. The van der Waals surface area contributed by atoms with Gasteiger partial charge in [0.1, 0.15) is 5.82 Å². The number of rotatable bonds is 4. The van der Waals surface area contributed by atoms with Gasteiger partial charge in [-0.25, -0.2) is 4.39 Å². The molecule has 0 radical (unpaired) electrons. The molecular formula is C14H14BrFN2. The van der Waals surface area contributed by atoms with Crippen molar-refractivity contribution in [2.75, 3.05) is 7.05 Å². The molecule has 0 aliphatic heterocycles. The highest BCUT2D eigenvalue weighted by atomic mass is 79.9. The molecule has 1 unspecified atom stereocenters. The molecule has 0 aliphatic carbocycles. The lowest BCUT2D eigenvalue weighted by atomic mass is 10.0. The lowest BCUT2D eigenvalue weighted by Gasteiger charge is -2.16. The summed E-state index contributed by atoms with van der Waals surface area (Å²) in [6, 6.07) is 10.9. The third kappa shape index (κ3) is 3.15. The number of aromatic nitrogens is 1. The highest BCUT2D eigenvalue weighted by Gasteiger charge is 2.13. The predicted octanol–water partition coefficient (Wildman–Crippen LogP) is 3.49. The van der Waals surface area contributed by atoms with E-state index in [-0.39, 0.29) is 11.9 Å². The molecule has 0 spiro atoms. The van der Waals surface area contributed by atoms with E-state index in [2.05, 4.69) is 26.2 Å². The lowest BCUT2D eigenvalue weighted by Crippen LogP contribution is -2.20. The van der Waals surface area contributed by atoms with Gasteiger partial charge in [-0.2, -0.15) is 0 Å². The average Bonchev–Trinajstić information content (AvgIpc) is 2.39. The van der Waals surface area contributed by atoms with Crippen LogP contribution >= 0.6 is 15.9 Å². The third-order valence-electron chi connectivity index (χ3n) is 2.83. The largest absolute Gasteiger partial charge is 0.311 e. The molecule has 1 atom stereocenters. The van der Waals surface area contributed by atoms with Gasteiger partial charge in [-0.1, -0.05) is 28.1 Å². The first-order chi connectivity index (χ1) is 8.70. The molecule has 0 saturated carbocycles. The number of likely N-dealkylation sites (N-methyl/N-ethyl adjacent to an activating group) is 1. The molecular weight excluding hydrogens is 295 g/mol. The Kier molecular flexibility index (Phi) is 4.44. The van der Waals surface area contributed by atoms with Crippen LogP contribution in [0, 0.1) is 5.82 Å². The molecule has 1 N–H and O–H groups in total. The van der Waals surface area contributed by atoms with Crippen LogP contribution < -0.4 is 5.32 Å². The Morgan fingerprint density at radius 1 is 1.33 bits per heavy atom. The summed E-state index contributed by atoms with van der Waals surface area (Å²) in [5, 5.41) is 3.17. The van der Waals surface area contributed by atoms with Crippen LogP contribution in [0.5, 0.6) is 0 Å². The summed E-state index contributed by atoms with van der Waals surface area (Å²) in [6.07, 6.45) is 2.32. The van der Waals surface area contributed by atoms with Gasteiger partial charge < -0.3 is 5.32 Å². The van der Waals surface area contributed by atoms with Gasteiger partial charge in [-0.3, -0.25) is 4.98 Å². The van der Waals surface area contributed by atoms with Crippen molar-refractivity contribution < 1.29 is 4.39 Å². The molecule has 1 aromatic carbocycles. The Hall–Kier alpha value is -1.26. The minimum absolute atomic E-state index is 0.0156. The van der Waals surface area contributed by atoms with E-state index in [4.69, 9.17) is 0 Å². The first kappa shape index (κ1) is 13.2. The quantitative estimate of drug-likeness (QED) is 0.935. The molecule has 0 fully saturated rings. The van der Waals surface area contributed by atoms with Gasteiger partial charge >= 0.3 is 0 Å². The molecule has 2 rings (SSSR count). The minimum Gasteiger partial charge on any atom is -0.311 e. The molecule has 0 amide bonds. The van der Waals surface area contributed by atoms with Crippen molar-refractivity contribution >= 4 is 15.9 Å². The molecule has 2 aromatic rings. The Labute approximate surface area is 114 Å². The zero-order valence-electron chi connectivity index (χ0n) is 10.0. The Morgan fingerprint density at radius 3 is 2.78 bits per heavy atom. The number of hydrogen-bond acceptors (Lipinski definition) is 2. The predicted molar refractivity (Wildman–Crippen MR) is 73.8 cm³/mol. The zero-order valence-corrected chi connectivity index (χ0v) is 11.6. The molecule has 4 heteroatoms. The maximum atomic E-state index is 13.8. The number of nitrogens with zero attached hydrogens (tertiary/aromatic N) is 1. The second-order valence-electron chi connectivity index (χ2n) is 4.04. The number of benzene rings is 1. The fourth-order valence-corrected chi connectivity index (χ4v) is 2.18. The number of halogens is 2. The van der Waals surface area contributed by atoms with Crippen molar-refractivity contribution in [3.8, 4) is 0 Å². The fourth-order valence-electron chi connectivity index (χ4n) is 1.84. The van der Waals surface area contributed by atoms with Crippen molar-refractivity contribution in [2.24, 2.45) is 0 Å². The number of pyridine rings is 1. The summed E-state index contributed by atoms with van der Waals surface area (Å²) in [7, 11) is 1.86. The van der Waals surface area contributed by atoms with E-state index < -0.39 is 0 Å². The first-order valence-electron chi connectivity index (χ1n) is 5.73. The van der Waals surface area contributed by atoms with Crippen LogP contribution in [0.4, 0.5) is 4.39 Å². The van der Waals surface area contributed by atoms with Crippen molar-refractivity contribution in [1.29, 1.82) is 0 Å². The minimum atomic E-state index is -0.194. The lowest BCUT2D eigenvalue weighted by molar-refractivity contribution is 0.544. The average molecular weight is 309 g/mol. The van der Waals surface area contributed by atoms with Gasteiger partial charge in [0.2, 0.25) is 0 Å². The molecule has 0 aliphatic rings. The van der Waals surface area contributed by atoms with E-state index in [1.54, 1.807) is 12.3 Å². The zero-order chi connectivity index (χ0) is 13.0. The van der Waals surface area contributed by atoms with Crippen LogP contribution in [0.15, 0.2) is 47.1 Å². The summed E-state index contributed by atoms with van der Waals surface area (Å²) >= 11 is 3.26. The Morgan fingerprint density at radius 2 is 2.17 bits per heavy atom. The highest BCUT2D eigenvalue weighted by Crippen LogP contribution is 2.21. The molecule has 0 bridgehead atoms. The van der Waals surface area contributed by atoms with E-state index in [1.807, 2.05) is 31.3 Å². The molecule has 1 heterocycles.